The first-order valence-corrected chi connectivity index (χ1v) is 9.89. The highest BCUT2D eigenvalue weighted by atomic mass is 32.2. The molecule has 27 heavy (non-hydrogen) atoms. The highest BCUT2D eigenvalue weighted by Gasteiger charge is 2.17. The van der Waals surface area contributed by atoms with Crippen LogP contribution in [0.15, 0.2) is 67.1 Å². The molecule has 0 atom stereocenters. The van der Waals surface area contributed by atoms with Crippen LogP contribution in [0.25, 0.3) is 27.8 Å². The molecular weight excluding hydrogens is 356 g/mol. The lowest BCUT2D eigenvalue weighted by atomic mass is 10.1. The zero-order valence-electron chi connectivity index (χ0n) is 14.7. The molecule has 0 aliphatic rings. The van der Waals surface area contributed by atoms with Gasteiger partial charge in [0.1, 0.15) is 12.1 Å². The lowest BCUT2D eigenvalue weighted by Crippen LogP contribution is -2.00. The second-order valence-corrected chi connectivity index (χ2v) is 7.25. The molecule has 0 fully saturated rings. The van der Waals surface area contributed by atoms with Crippen molar-refractivity contribution in [3.8, 4) is 16.8 Å². The van der Waals surface area contributed by atoms with Crippen molar-refractivity contribution in [2.45, 2.75) is 5.75 Å². The quantitative estimate of drug-likeness (QED) is 0.499. The number of hydrogen-bond acceptors (Lipinski definition) is 5. The van der Waals surface area contributed by atoms with E-state index in [4.69, 9.17) is 10.8 Å². The number of thioether (sulfide) groups is 1. The zero-order valence-corrected chi connectivity index (χ0v) is 15.6. The maximum atomic E-state index is 9.07. The zero-order chi connectivity index (χ0) is 18.6. The van der Waals surface area contributed by atoms with Gasteiger partial charge in [-0.2, -0.15) is 11.8 Å². The van der Waals surface area contributed by atoms with E-state index in [1.165, 1.54) is 11.9 Å². The van der Waals surface area contributed by atoms with E-state index in [-0.39, 0.29) is 6.61 Å². The maximum Gasteiger partial charge on any atom is 0.150 e. The molecule has 0 saturated heterocycles. The summed E-state index contributed by atoms with van der Waals surface area (Å²) in [6.45, 7) is 0.182. The van der Waals surface area contributed by atoms with Gasteiger partial charge in [-0.15, -0.1) is 0 Å². The van der Waals surface area contributed by atoms with E-state index >= 15 is 0 Å². The number of nitrogens with zero attached hydrogens (tertiary/aromatic N) is 3. The molecule has 3 N–H and O–H groups in total. The Hall–Kier alpha value is -2.83. The summed E-state index contributed by atoms with van der Waals surface area (Å²) >= 11 is 1.71. The Bertz CT molecular complexity index is 1060. The van der Waals surface area contributed by atoms with Crippen LogP contribution in [0.4, 0.5) is 5.82 Å². The van der Waals surface area contributed by atoms with E-state index < -0.39 is 0 Å². The standard InChI is InChI=1S/C21H20N4OS/c22-20-19-17(15-6-2-1-3-7-15)12-25(21(19)24-14-23-20)18-9-5-4-8-16(18)13-27-11-10-26/h1-9,12,14,26H,10-11,13H2,(H2,22,23,24). The molecule has 4 rings (SSSR count). The van der Waals surface area contributed by atoms with E-state index in [9.17, 15) is 0 Å². The minimum Gasteiger partial charge on any atom is -0.396 e. The average molecular weight is 376 g/mol. The second-order valence-electron chi connectivity index (χ2n) is 6.14. The molecule has 0 saturated carbocycles. The molecule has 0 aliphatic heterocycles. The van der Waals surface area contributed by atoms with Gasteiger partial charge in [-0.05, 0) is 17.2 Å². The molecule has 0 spiro atoms. The number of hydrogen-bond donors (Lipinski definition) is 2. The Labute approximate surface area is 161 Å². The molecule has 0 unspecified atom stereocenters. The molecule has 4 aromatic rings. The number of fused-ring (bicyclic) bond motifs is 1. The molecule has 2 heterocycles. The van der Waals surface area contributed by atoms with E-state index in [1.807, 2.05) is 30.3 Å². The van der Waals surface area contributed by atoms with Crippen LogP contribution < -0.4 is 5.73 Å². The van der Waals surface area contributed by atoms with Crippen molar-refractivity contribution in [1.29, 1.82) is 0 Å². The van der Waals surface area contributed by atoms with E-state index in [0.29, 0.717) is 11.6 Å². The van der Waals surface area contributed by atoms with Crippen LogP contribution in [-0.2, 0) is 5.75 Å². The molecule has 136 valence electrons. The molecule has 0 radical (unpaired) electrons. The molecule has 6 heteroatoms. The largest absolute Gasteiger partial charge is 0.396 e. The van der Waals surface area contributed by atoms with Gasteiger partial charge < -0.3 is 15.4 Å². The minimum atomic E-state index is 0.182. The van der Waals surface area contributed by atoms with Crippen LogP contribution in [0, 0.1) is 0 Å². The number of aliphatic hydroxyl groups excluding tert-OH is 1. The molecule has 2 aromatic carbocycles. The van der Waals surface area contributed by atoms with Crippen molar-refractivity contribution >= 4 is 28.6 Å². The van der Waals surface area contributed by atoms with Gasteiger partial charge in [-0.3, -0.25) is 0 Å². The fraction of sp³-hybridized carbons (Fsp3) is 0.143. The second kappa shape index (κ2) is 7.82. The lowest BCUT2D eigenvalue weighted by molar-refractivity contribution is 0.322. The van der Waals surface area contributed by atoms with E-state index in [2.05, 4.69) is 45.0 Å². The molecule has 5 nitrogen and oxygen atoms in total. The number of nitrogen functional groups attached to an aromatic ring is 1. The summed E-state index contributed by atoms with van der Waals surface area (Å²) in [7, 11) is 0. The average Bonchev–Trinajstić information content (AvgIpc) is 3.10. The summed E-state index contributed by atoms with van der Waals surface area (Å²) < 4.78 is 2.09. The summed E-state index contributed by atoms with van der Waals surface area (Å²) in [4.78, 5) is 8.73. The van der Waals surface area contributed by atoms with Crippen LogP contribution in [-0.4, -0.2) is 32.0 Å². The topological polar surface area (TPSA) is 77.0 Å². The smallest absolute Gasteiger partial charge is 0.150 e. The molecule has 2 aromatic heterocycles. The van der Waals surface area contributed by atoms with Gasteiger partial charge in [0.05, 0.1) is 17.7 Å². The van der Waals surface area contributed by atoms with Gasteiger partial charge in [-0.1, -0.05) is 48.5 Å². The van der Waals surface area contributed by atoms with Gasteiger partial charge in [0.2, 0.25) is 0 Å². The number of rotatable bonds is 6. The van der Waals surface area contributed by atoms with E-state index in [0.717, 1.165) is 33.6 Å². The van der Waals surface area contributed by atoms with E-state index in [1.54, 1.807) is 11.8 Å². The predicted molar refractivity (Wildman–Crippen MR) is 112 cm³/mol. The van der Waals surface area contributed by atoms with Gasteiger partial charge >= 0.3 is 0 Å². The van der Waals surface area contributed by atoms with Crippen LogP contribution in [0.3, 0.4) is 0 Å². The molecular formula is C21H20N4OS. The summed E-state index contributed by atoms with van der Waals surface area (Å²) in [5.41, 5.74) is 11.4. The van der Waals surface area contributed by atoms with Crippen molar-refractivity contribution in [2.75, 3.05) is 18.1 Å². The number of para-hydroxylation sites is 1. The Morgan fingerprint density at radius 3 is 2.59 bits per heavy atom. The highest BCUT2D eigenvalue weighted by Crippen LogP contribution is 2.35. The number of aliphatic hydroxyl groups is 1. The van der Waals surface area contributed by atoms with Crippen LogP contribution in [0.1, 0.15) is 5.56 Å². The van der Waals surface area contributed by atoms with Crippen molar-refractivity contribution in [1.82, 2.24) is 14.5 Å². The Balaban J connectivity index is 1.91. The summed E-state index contributed by atoms with van der Waals surface area (Å²) in [5, 5.41) is 9.94. The first-order valence-electron chi connectivity index (χ1n) is 8.73. The van der Waals surface area contributed by atoms with Crippen LogP contribution >= 0.6 is 11.8 Å². The minimum absolute atomic E-state index is 0.182. The highest BCUT2D eigenvalue weighted by molar-refractivity contribution is 7.98. The Morgan fingerprint density at radius 1 is 1.00 bits per heavy atom. The predicted octanol–water partition coefficient (Wildman–Crippen LogP) is 3.90. The van der Waals surface area contributed by atoms with Crippen molar-refractivity contribution in [2.24, 2.45) is 0 Å². The van der Waals surface area contributed by atoms with Gasteiger partial charge in [0.15, 0.2) is 5.65 Å². The van der Waals surface area contributed by atoms with Gasteiger partial charge in [0, 0.05) is 23.3 Å². The van der Waals surface area contributed by atoms with Crippen molar-refractivity contribution in [3.05, 3.63) is 72.7 Å². The SMILES string of the molecule is Nc1ncnc2c1c(-c1ccccc1)cn2-c1ccccc1CSCCO. The Morgan fingerprint density at radius 2 is 1.78 bits per heavy atom. The van der Waals surface area contributed by atoms with Crippen molar-refractivity contribution in [3.63, 3.8) is 0 Å². The number of aromatic nitrogens is 3. The lowest BCUT2D eigenvalue weighted by Gasteiger charge is -2.11. The molecule has 0 aliphatic carbocycles. The fourth-order valence-electron chi connectivity index (χ4n) is 3.22. The molecule has 0 amide bonds. The first kappa shape index (κ1) is 17.6. The Kier molecular flexibility index (Phi) is 5.09. The van der Waals surface area contributed by atoms with Crippen LogP contribution in [0.2, 0.25) is 0 Å². The molecule has 0 bridgehead atoms. The van der Waals surface area contributed by atoms with Crippen molar-refractivity contribution < 1.29 is 5.11 Å². The third-order valence-corrected chi connectivity index (χ3v) is 5.43. The monoisotopic (exact) mass is 376 g/mol. The number of benzene rings is 2. The van der Waals surface area contributed by atoms with Crippen LogP contribution in [0.5, 0.6) is 0 Å². The summed E-state index contributed by atoms with van der Waals surface area (Å²) in [5.74, 6) is 2.01. The van der Waals surface area contributed by atoms with Gasteiger partial charge in [0.25, 0.3) is 0 Å². The number of anilines is 1. The first-order chi connectivity index (χ1) is 13.3. The maximum absolute atomic E-state index is 9.07. The normalized spacial score (nSPS) is 11.1. The third kappa shape index (κ3) is 3.41. The number of nitrogens with two attached hydrogens (primary N) is 1. The fourth-order valence-corrected chi connectivity index (χ4v) is 3.96. The summed E-state index contributed by atoms with van der Waals surface area (Å²) in [6, 6.07) is 18.4. The van der Waals surface area contributed by atoms with Gasteiger partial charge in [-0.25, -0.2) is 9.97 Å². The third-order valence-electron chi connectivity index (χ3n) is 4.44. The summed E-state index contributed by atoms with van der Waals surface area (Å²) in [6.07, 6.45) is 3.59.